The Kier molecular flexibility index (Phi) is 5.44. The molecule has 0 aliphatic carbocycles. The molecule has 0 saturated heterocycles. The normalized spacial score (nSPS) is 13.7. The van der Waals surface area contributed by atoms with E-state index in [-0.39, 0.29) is 5.91 Å². The van der Waals surface area contributed by atoms with Gasteiger partial charge in [-0.05, 0) is 43.7 Å². The first-order valence-electron chi connectivity index (χ1n) is 8.21. The molecule has 2 rings (SSSR count). The zero-order valence-corrected chi connectivity index (χ0v) is 14.1. The number of amides is 1. The SMILES string of the molecule is CC(C)C[C@](C)(C#N)NC(=O)CCCc1c[nH]c2ccccc12. The molecule has 0 spiro atoms. The van der Waals surface area contributed by atoms with Crippen LogP contribution in [0.1, 0.15) is 45.6 Å². The Morgan fingerprint density at radius 3 is 2.83 bits per heavy atom. The van der Waals surface area contributed by atoms with Crippen LogP contribution < -0.4 is 5.32 Å². The molecular formula is C19H25N3O. The Labute approximate surface area is 137 Å². The van der Waals surface area contributed by atoms with Crippen LogP contribution in [0.5, 0.6) is 0 Å². The molecule has 2 N–H and O–H groups in total. The average molecular weight is 311 g/mol. The molecule has 0 aliphatic heterocycles. The van der Waals surface area contributed by atoms with E-state index in [2.05, 4.69) is 42.4 Å². The molecule has 1 aromatic carbocycles. The van der Waals surface area contributed by atoms with Gasteiger partial charge in [0.05, 0.1) is 6.07 Å². The van der Waals surface area contributed by atoms with Crippen molar-refractivity contribution in [2.75, 3.05) is 0 Å². The third-order valence-corrected chi connectivity index (χ3v) is 4.00. The molecule has 1 amide bonds. The minimum atomic E-state index is -0.772. The summed E-state index contributed by atoms with van der Waals surface area (Å²) in [4.78, 5) is 15.4. The number of nitrogens with zero attached hydrogens (tertiary/aromatic N) is 1. The Hall–Kier alpha value is -2.28. The molecule has 2 aromatic rings. The van der Waals surface area contributed by atoms with E-state index < -0.39 is 5.54 Å². The lowest BCUT2D eigenvalue weighted by Gasteiger charge is -2.25. The first-order valence-corrected chi connectivity index (χ1v) is 8.21. The van der Waals surface area contributed by atoms with Crippen molar-refractivity contribution in [2.24, 2.45) is 5.92 Å². The number of aromatic amines is 1. The van der Waals surface area contributed by atoms with Gasteiger partial charge in [-0.25, -0.2) is 0 Å². The van der Waals surface area contributed by atoms with E-state index in [1.54, 1.807) is 6.92 Å². The van der Waals surface area contributed by atoms with Gasteiger partial charge in [-0.3, -0.25) is 4.79 Å². The van der Waals surface area contributed by atoms with Crippen molar-refractivity contribution in [3.05, 3.63) is 36.0 Å². The van der Waals surface area contributed by atoms with Crippen molar-refractivity contribution >= 4 is 16.8 Å². The fraction of sp³-hybridized carbons (Fsp3) is 0.474. The predicted octanol–water partition coefficient (Wildman–Crippen LogP) is 3.94. The number of aromatic nitrogens is 1. The summed E-state index contributed by atoms with van der Waals surface area (Å²) >= 11 is 0. The molecule has 23 heavy (non-hydrogen) atoms. The van der Waals surface area contributed by atoms with E-state index in [9.17, 15) is 10.1 Å². The van der Waals surface area contributed by atoms with E-state index in [1.165, 1.54) is 10.9 Å². The Balaban J connectivity index is 1.86. The van der Waals surface area contributed by atoms with Crippen LogP contribution in [0.3, 0.4) is 0 Å². The molecule has 0 unspecified atom stereocenters. The van der Waals surface area contributed by atoms with Gasteiger partial charge >= 0.3 is 0 Å². The monoisotopic (exact) mass is 311 g/mol. The number of H-pyrrole nitrogens is 1. The fourth-order valence-electron chi connectivity index (χ4n) is 3.09. The first kappa shape index (κ1) is 17.1. The maximum absolute atomic E-state index is 12.1. The third kappa shape index (κ3) is 4.59. The molecule has 1 heterocycles. The number of benzene rings is 1. The molecule has 0 radical (unpaired) electrons. The average Bonchev–Trinajstić information content (AvgIpc) is 2.90. The highest BCUT2D eigenvalue weighted by Crippen LogP contribution is 2.20. The number of hydrogen-bond donors (Lipinski definition) is 2. The number of fused-ring (bicyclic) bond motifs is 1. The number of nitrogens with one attached hydrogen (secondary N) is 2. The lowest BCUT2D eigenvalue weighted by atomic mass is 9.92. The van der Waals surface area contributed by atoms with Gasteiger partial charge in [0, 0.05) is 23.5 Å². The standard InChI is InChI=1S/C19H25N3O/c1-14(2)11-19(3,13-20)22-18(23)10-6-7-15-12-21-17-9-5-4-8-16(15)17/h4-5,8-9,12,14,21H,6-7,10-11H2,1-3H3,(H,22,23)/t19-/m1/s1. The summed E-state index contributed by atoms with van der Waals surface area (Å²) in [5.74, 6) is 0.320. The molecule has 0 bridgehead atoms. The van der Waals surface area contributed by atoms with Gasteiger partial charge in [0.1, 0.15) is 5.54 Å². The van der Waals surface area contributed by atoms with Crippen molar-refractivity contribution in [2.45, 2.75) is 52.0 Å². The van der Waals surface area contributed by atoms with E-state index in [1.807, 2.05) is 18.3 Å². The van der Waals surface area contributed by atoms with Gasteiger partial charge in [-0.2, -0.15) is 5.26 Å². The third-order valence-electron chi connectivity index (χ3n) is 4.00. The minimum absolute atomic E-state index is 0.0467. The lowest BCUT2D eigenvalue weighted by Crippen LogP contribution is -2.45. The van der Waals surface area contributed by atoms with Gasteiger partial charge in [0.25, 0.3) is 0 Å². The first-order chi connectivity index (χ1) is 10.9. The van der Waals surface area contributed by atoms with Crippen molar-refractivity contribution in [1.82, 2.24) is 10.3 Å². The van der Waals surface area contributed by atoms with Gasteiger partial charge in [-0.15, -0.1) is 0 Å². The van der Waals surface area contributed by atoms with Crippen LogP contribution >= 0.6 is 0 Å². The summed E-state index contributed by atoms with van der Waals surface area (Å²) in [6, 6.07) is 10.4. The number of rotatable bonds is 7. The van der Waals surface area contributed by atoms with Crippen LogP contribution in [-0.2, 0) is 11.2 Å². The van der Waals surface area contributed by atoms with Crippen molar-refractivity contribution < 1.29 is 4.79 Å². The van der Waals surface area contributed by atoms with Crippen molar-refractivity contribution in [3.8, 4) is 6.07 Å². The topological polar surface area (TPSA) is 68.7 Å². The number of para-hydroxylation sites is 1. The predicted molar refractivity (Wildman–Crippen MR) is 92.9 cm³/mol. The molecule has 4 heteroatoms. The molecule has 4 nitrogen and oxygen atoms in total. The van der Waals surface area contributed by atoms with Gasteiger partial charge in [0.15, 0.2) is 0 Å². The summed E-state index contributed by atoms with van der Waals surface area (Å²) in [7, 11) is 0. The highest BCUT2D eigenvalue weighted by molar-refractivity contribution is 5.83. The van der Waals surface area contributed by atoms with E-state index in [0.29, 0.717) is 18.8 Å². The highest BCUT2D eigenvalue weighted by Gasteiger charge is 2.26. The molecule has 0 saturated carbocycles. The Morgan fingerprint density at radius 2 is 2.13 bits per heavy atom. The van der Waals surface area contributed by atoms with Crippen LogP contribution in [0.4, 0.5) is 0 Å². The lowest BCUT2D eigenvalue weighted by molar-refractivity contribution is -0.122. The van der Waals surface area contributed by atoms with Gasteiger partial charge in [0.2, 0.25) is 5.91 Å². The molecule has 1 aromatic heterocycles. The second-order valence-corrected chi connectivity index (χ2v) is 6.80. The van der Waals surface area contributed by atoms with Crippen LogP contribution in [0.15, 0.2) is 30.5 Å². The van der Waals surface area contributed by atoms with E-state index in [4.69, 9.17) is 0 Å². The maximum atomic E-state index is 12.1. The largest absolute Gasteiger partial charge is 0.361 e. The van der Waals surface area contributed by atoms with Crippen LogP contribution in [0.25, 0.3) is 10.9 Å². The van der Waals surface area contributed by atoms with Crippen molar-refractivity contribution in [3.63, 3.8) is 0 Å². The molecule has 122 valence electrons. The van der Waals surface area contributed by atoms with Crippen LogP contribution in [0.2, 0.25) is 0 Å². The smallest absolute Gasteiger partial charge is 0.221 e. The highest BCUT2D eigenvalue weighted by atomic mass is 16.1. The van der Waals surface area contributed by atoms with Crippen LogP contribution in [0, 0.1) is 17.2 Å². The fourth-order valence-corrected chi connectivity index (χ4v) is 3.09. The number of nitriles is 1. The van der Waals surface area contributed by atoms with E-state index in [0.717, 1.165) is 18.4 Å². The molecular weight excluding hydrogens is 286 g/mol. The second kappa shape index (κ2) is 7.32. The summed E-state index contributed by atoms with van der Waals surface area (Å²) < 4.78 is 0. The molecule has 1 atom stereocenters. The zero-order chi connectivity index (χ0) is 16.9. The summed E-state index contributed by atoms with van der Waals surface area (Å²) in [5.41, 5.74) is 1.59. The number of carbonyl (C=O) groups is 1. The Morgan fingerprint density at radius 1 is 1.39 bits per heavy atom. The summed E-state index contributed by atoms with van der Waals surface area (Å²) in [6.07, 6.45) is 4.75. The van der Waals surface area contributed by atoms with Gasteiger partial charge < -0.3 is 10.3 Å². The summed E-state index contributed by atoms with van der Waals surface area (Å²) in [5, 5.41) is 13.4. The van der Waals surface area contributed by atoms with Crippen LogP contribution in [-0.4, -0.2) is 16.4 Å². The zero-order valence-electron chi connectivity index (χ0n) is 14.1. The molecule has 0 aliphatic rings. The maximum Gasteiger partial charge on any atom is 0.221 e. The number of aryl methyl sites for hydroxylation is 1. The quantitative estimate of drug-likeness (QED) is 0.813. The molecule has 0 fully saturated rings. The van der Waals surface area contributed by atoms with E-state index >= 15 is 0 Å². The van der Waals surface area contributed by atoms with Gasteiger partial charge in [-0.1, -0.05) is 32.0 Å². The number of carbonyl (C=O) groups excluding carboxylic acids is 1. The Bertz CT molecular complexity index is 711. The van der Waals surface area contributed by atoms with Crippen molar-refractivity contribution in [1.29, 1.82) is 5.26 Å². The summed E-state index contributed by atoms with van der Waals surface area (Å²) in [6.45, 7) is 5.90. The second-order valence-electron chi connectivity index (χ2n) is 6.80. The minimum Gasteiger partial charge on any atom is -0.361 e. The number of hydrogen-bond acceptors (Lipinski definition) is 2.